The molecule has 1 saturated carbocycles. The van der Waals surface area contributed by atoms with Crippen molar-refractivity contribution in [3.63, 3.8) is 0 Å². The summed E-state index contributed by atoms with van der Waals surface area (Å²) in [6.45, 7) is 0.385. The fourth-order valence-corrected chi connectivity index (χ4v) is 0.991. The van der Waals surface area contributed by atoms with Crippen LogP contribution < -0.4 is 0 Å². The summed E-state index contributed by atoms with van der Waals surface area (Å²) < 4.78 is 0. The Labute approximate surface area is 44.4 Å². The maximum absolute atomic E-state index is 8.55. The molecule has 0 bridgehead atoms. The van der Waals surface area contributed by atoms with Gasteiger partial charge in [0.25, 0.3) is 0 Å². The molecule has 0 spiro atoms. The molecule has 1 rings (SSSR count). The van der Waals surface area contributed by atoms with E-state index in [1.54, 1.807) is 0 Å². The fourth-order valence-electron chi connectivity index (χ4n) is 0.991. The molecule has 1 atom stereocenters. The minimum absolute atomic E-state index is 0.385. The van der Waals surface area contributed by atoms with Gasteiger partial charge in [0, 0.05) is 5.92 Å². The first-order valence-corrected chi connectivity index (χ1v) is 2.86. The molecule has 0 radical (unpaired) electrons. The van der Waals surface area contributed by atoms with Crippen molar-refractivity contribution in [2.24, 2.45) is 5.92 Å². The van der Waals surface area contributed by atoms with Crippen LogP contribution in [0.4, 0.5) is 0 Å². The van der Waals surface area contributed by atoms with Crippen molar-refractivity contribution >= 4 is 0 Å². The normalized spacial score (nSPS) is 30.1. The number of hydrogen-bond donors (Lipinski definition) is 1. The summed E-state index contributed by atoms with van der Waals surface area (Å²) >= 11 is 0. The van der Waals surface area contributed by atoms with Gasteiger partial charge >= 0.3 is 0 Å². The number of aliphatic hydroxyl groups excluding tert-OH is 1. The summed E-state index contributed by atoms with van der Waals surface area (Å²) in [6.07, 6.45) is 5.80. The van der Waals surface area contributed by atoms with Gasteiger partial charge in [0.15, 0.2) is 0 Å². The lowest BCUT2D eigenvalue weighted by atomic mass is 10.1. The second kappa shape index (κ2) is 2.22. The van der Waals surface area contributed by atoms with Crippen LogP contribution in [0, 0.1) is 12.3 Å². The summed E-state index contributed by atoms with van der Waals surface area (Å²) in [7, 11) is 0. The van der Waals surface area contributed by atoms with Crippen LogP contribution in [0.25, 0.3) is 0 Å². The quantitative estimate of drug-likeness (QED) is 0.486. The lowest BCUT2D eigenvalue weighted by molar-refractivity contribution is 0.231. The Hall–Kier alpha value is -0.170. The van der Waals surface area contributed by atoms with Crippen LogP contribution in [-0.2, 0) is 0 Å². The van der Waals surface area contributed by atoms with E-state index >= 15 is 0 Å². The maximum Gasteiger partial charge on any atom is 0.0927 e. The van der Waals surface area contributed by atoms with Crippen LogP contribution in [0.5, 0.6) is 0 Å². The summed E-state index contributed by atoms with van der Waals surface area (Å²) in [5.74, 6) is 0.597. The molecule has 0 aliphatic heterocycles. The second-order valence-electron chi connectivity index (χ2n) is 2.15. The van der Waals surface area contributed by atoms with Gasteiger partial charge in [-0.15, -0.1) is 0 Å². The molecular formula is C6H11O+. The number of hydrogen-bond acceptors (Lipinski definition) is 1. The molecule has 1 N–H and O–H groups in total. The Bertz CT molecular complexity index is 46.1. The van der Waals surface area contributed by atoms with Crippen molar-refractivity contribution < 1.29 is 5.11 Å². The highest BCUT2D eigenvalue weighted by atomic mass is 16.3. The SMILES string of the molecule is OCC1C[CH+]CC1. The summed E-state index contributed by atoms with van der Waals surface area (Å²) in [5, 5.41) is 8.55. The Morgan fingerprint density at radius 3 is 2.86 bits per heavy atom. The molecule has 1 aliphatic rings. The zero-order valence-corrected chi connectivity index (χ0v) is 4.43. The first-order chi connectivity index (χ1) is 3.43. The van der Waals surface area contributed by atoms with Crippen LogP contribution in [0.1, 0.15) is 19.3 Å². The van der Waals surface area contributed by atoms with Crippen molar-refractivity contribution in [1.82, 2.24) is 0 Å². The molecule has 1 heteroatoms. The van der Waals surface area contributed by atoms with Gasteiger partial charge in [-0.2, -0.15) is 0 Å². The van der Waals surface area contributed by atoms with E-state index in [0.717, 1.165) is 6.42 Å². The van der Waals surface area contributed by atoms with E-state index in [2.05, 4.69) is 6.42 Å². The minimum atomic E-state index is 0.385. The highest BCUT2D eigenvalue weighted by Crippen LogP contribution is 2.22. The van der Waals surface area contributed by atoms with E-state index < -0.39 is 0 Å². The molecule has 1 aliphatic carbocycles. The molecule has 0 aromatic rings. The highest BCUT2D eigenvalue weighted by molar-refractivity contribution is 4.79. The molecular weight excluding hydrogens is 88.1 g/mol. The predicted octanol–water partition coefficient (Wildman–Crippen LogP) is 0.983. The Balaban J connectivity index is 2.14. The molecule has 0 amide bonds. The van der Waals surface area contributed by atoms with Crippen molar-refractivity contribution in [3.05, 3.63) is 6.42 Å². The van der Waals surface area contributed by atoms with E-state index in [1.165, 1.54) is 12.8 Å². The van der Waals surface area contributed by atoms with E-state index in [-0.39, 0.29) is 0 Å². The average molecular weight is 99.2 g/mol. The Morgan fingerprint density at radius 2 is 2.57 bits per heavy atom. The largest absolute Gasteiger partial charge is 0.396 e. The van der Waals surface area contributed by atoms with Crippen LogP contribution in [0.3, 0.4) is 0 Å². The average Bonchev–Trinajstić information content (AvgIpc) is 2.14. The van der Waals surface area contributed by atoms with Crippen LogP contribution in [-0.4, -0.2) is 11.7 Å². The van der Waals surface area contributed by atoms with Gasteiger partial charge in [-0.25, -0.2) is 0 Å². The Morgan fingerprint density at radius 1 is 1.71 bits per heavy atom. The summed E-state index contributed by atoms with van der Waals surface area (Å²) in [6, 6.07) is 0. The molecule has 0 aromatic heterocycles. The van der Waals surface area contributed by atoms with E-state index in [4.69, 9.17) is 5.11 Å². The van der Waals surface area contributed by atoms with Crippen LogP contribution in [0.2, 0.25) is 0 Å². The zero-order valence-electron chi connectivity index (χ0n) is 4.43. The third-order valence-corrected chi connectivity index (χ3v) is 1.54. The molecule has 1 fully saturated rings. The molecule has 1 nitrogen and oxygen atoms in total. The minimum Gasteiger partial charge on any atom is -0.396 e. The third kappa shape index (κ3) is 1.10. The first-order valence-electron chi connectivity index (χ1n) is 2.86. The molecule has 7 heavy (non-hydrogen) atoms. The highest BCUT2D eigenvalue weighted by Gasteiger charge is 2.20. The lowest BCUT2D eigenvalue weighted by Gasteiger charge is -1.94. The van der Waals surface area contributed by atoms with Gasteiger partial charge in [0.05, 0.1) is 25.9 Å². The third-order valence-electron chi connectivity index (χ3n) is 1.54. The van der Waals surface area contributed by atoms with Crippen molar-refractivity contribution in [1.29, 1.82) is 0 Å². The predicted molar refractivity (Wildman–Crippen MR) is 28.7 cm³/mol. The van der Waals surface area contributed by atoms with Crippen molar-refractivity contribution in [2.45, 2.75) is 19.3 Å². The van der Waals surface area contributed by atoms with Gasteiger partial charge in [-0.05, 0) is 6.42 Å². The molecule has 0 heterocycles. The van der Waals surface area contributed by atoms with Gasteiger partial charge in [-0.1, -0.05) is 0 Å². The monoisotopic (exact) mass is 99.1 g/mol. The van der Waals surface area contributed by atoms with Gasteiger partial charge in [0.2, 0.25) is 0 Å². The Kier molecular flexibility index (Phi) is 1.58. The number of rotatable bonds is 1. The van der Waals surface area contributed by atoms with Gasteiger partial charge in [0.1, 0.15) is 0 Å². The smallest absolute Gasteiger partial charge is 0.0927 e. The van der Waals surface area contributed by atoms with Crippen LogP contribution in [0.15, 0.2) is 0 Å². The van der Waals surface area contributed by atoms with Gasteiger partial charge in [-0.3, -0.25) is 0 Å². The van der Waals surface area contributed by atoms with Crippen LogP contribution >= 0.6 is 0 Å². The van der Waals surface area contributed by atoms with E-state index in [0.29, 0.717) is 12.5 Å². The summed E-state index contributed by atoms with van der Waals surface area (Å²) in [4.78, 5) is 0. The summed E-state index contributed by atoms with van der Waals surface area (Å²) in [5.41, 5.74) is 0. The lowest BCUT2D eigenvalue weighted by Crippen LogP contribution is -1.97. The maximum atomic E-state index is 8.55. The second-order valence-corrected chi connectivity index (χ2v) is 2.15. The van der Waals surface area contributed by atoms with Crippen molar-refractivity contribution in [3.8, 4) is 0 Å². The molecule has 0 saturated heterocycles. The number of aliphatic hydroxyl groups is 1. The first kappa shape index (κ1) is 4.98. The van der Waals surface area contributed by atoms with E-state index in [9.17, 15) is 0 Å². The van der Waals surface area contributed by atoms with Crippen molar-refractivity contribution in [2.75, 3.05) is 6.61 Å². The fraction of sp³-hybridized carbons (Fsp3) is 0.833. The zero-order chi connectivity index (χ0) is 5.11. The molecule has 0 aromatic carbocycles. The van der Waals surface area contributed by atoms with Gasteiger partial charge < -0.3 is 5.11 Å². The molecule has 40 valence electrons. The molecule has 1 unspecified atom stereocenters. The standard InChI is InChI=1S/C6H11O/c7-5-6-3-1-2-4-6/h1,6-7H,2-5H2/q+1. The van der Waals surface area contributed by atoms with E-state index in [1.807, 2.05) is 0 Å². The topological polar surface area (TPSA) is 20.2 Å².